The van der Waals surface area contributed by atoms with Gasteiger partial charge in [-0.2, -0.15) is 0 Å². The molecule has 0 saturated carbocycles. The highest BCUT2D eigenvalue weighted by Crippen LogP contribution is 2.29. The number of benzene rings is 1. The van der Waals surface area contributed by atoms with Gasteiger partial charge in [-0.05, 0) is 17.5 Å². The monoisotopic (exact) mass is 186 g/mol. The molecular weight excluding hydrogens is 180 g/mol. The van der Waals surface area contributed by atoms with Crippen molar-refractivity contribution in [2.45, 2.75) is 0 Å². The third-order valence-electron chi connectivity index (χ3n) is 1.41. The van der Waals surface area contributed by atoms with E-state index in [1.807, 2.05) is 24.3 Å². The van der Waals surface area contributed by atoms with Crippen LogP contribution in [0.15, 0.2) is 30.3 Å². The molecule has 0 saturated heterocycles. The minimum atomic E-state index is 0. The minimum absolute atomic E-state index is 0. The Hall–Kier alpha value is -0.730. The van der Waals surface area contributed by atoms with E-state index < -0.39 is 0 Å². The first-order valence-electron chi connectivity index (χ1n) is 3.04. The normalized spacial score (nSPS) is 9.45. The number of rotatable bonds is 0. The zero-order chi connectivity index (χ0) is 6.97. The molecule has 0 amide bonds. The summed E-state index contributed by atoms with van der Waals surface area (Å²) in [7, 11) is 0. The predicted molar refractivity (Wildman–Crippen MR) is 50.7 cm³/mol. The molecule has 0 bridgehead atoms. The van der Waals surface area contributed by atoms with E-state index >= 15 is 0 Å². The molecule has 0 aliphatic rings. The topological polar surface area (TPSA) is 20.2 Å². The van der Waals surface area contributed by atoms with Gasteiger partial charge < -0.3 is 5.11 Å². The summed E-state index contributed by atoms with van der Waals surface area (Å²) in [4.78, 5) is 0. The summed E-state index contributed by atoms with van der Waals surface area (Å²) >= 11 is 1.41. The van der Waals surface area contributed by atoms with E-state index in [0.29, 0.717) is 5.06 Å². The molecule has 2 aromatic rings. The minimum Gasteiger partial charge on any atom is -0.499 e. The molecule has 1 nitrogen and oxygen atoms in total. The lowest BCUT2D eigenvalue weighted by molar-refractivity contribution is 0.491. The van der Waals surface area contributed by atoms with Crippen molar-refractivity contribution in [3.8, 4) is 5.06 Å². The Kier molecular flexibility index (Phi) is 2.37. The highest BCUT2D eigenvalue weighted by atomic mass is 35.5. The van der Waals surface area contributed by atoms with Gasteiger partial charge in [0.2, 0.25) is 0 Å². The molecule has 1 aromatic carbocycles. The molecule has 2 rings (SSSR count). The highest BCUT2D eigenvalue weighted by molar-refractivity contribution is 7.20. The molecule has 0 aliphatic carbocycles. The van der Waals surface area contributed by atoms with Crippen molar-refractivity contribution in [2.24, 2.45) is 0 Å². The Morgan fingerprint density at radius 1 is 1.18 bits per heavy atom. The van der Waals surface area contributed by atoms with Gasteiger partial charge in [0.25, 0.3) is 0 Å². The average Bonchev–Trinajstić information content (AvgIpc) is 2.27. The maximum Gasteiger partial charge on any atom is 0.172 e. The summed E-state index contributed by atoms with van der Waals surface area (Å²) in [5.41, 5.74) is 0. The predicted octanol–water partition coefficient (Wildman–Crippen LogP) is 3.03. The van der Waals surface area contributed by atoms with Gasteiger partial charge in [0.05, 0.1) is 0 Å². The van der Waals surface area contributed by atoms with Crippen molar-refractivity contribution in [3.63, 3.8) is 0 Å². The van der Waals surface area contributed by atoms with Crippen LogP contribution in [-0.4, -0.2) is 5.11 Å². The van der Waals surface area contributed by atoms with Crippen LogP contribution in [0, 0.1) is 0 Å². The van der Waals surface area contributed by atoms with E-state index in [4.69, 9.17) is 5.11 Å². The SMILES string of the molecule is Cl.Oc1cc2ccccc2s1. The second-order valence-corrected chi connectivity index (χ2v) is 3.18. The Bertz CT molecular complexity index is 323. The number of hydrogen-bond donors (Lipinski definition) is 1. The lowest BCUT2D eigenvalue weighted by atomic mass is 10.3. The Balaban J connectivity index is 0.000000605. The second kappa shape index (κ2) is 3.11. The van der Waals surface area contributed by atoms with Gasteiger partial charge in [0.15, 0.2) is 5.06 Å². The van der Waals surface area contributed by atoms with Crippen molar-refractivity contribution in [1.82, 2.24) is 0 Å². The summed E-state index contributed by atoms with van der Waals surface area (Å²) in [5.74, 6) is 0. The fraction of sp³-hybridized carbons (Fsp3) is 0. The summed E-state index contributed by atoms with van der Waals surface area (Å²) in [5, 5.41) is 10.6. The summed E-state index contributed by atoms with van der Waals surface area (Å²) in [6, 6.07) is 9.71. The summed E-state index contributed by atoms with van der Waals surface area (Å²) < 4.78 is 1.14. The lowest BCUT2D eigenvalue weighted by Gasteiger charge is -1.81. The van der Waals surface area contributed by atoms with Crippen molar-refractivity contribution >= 4 is 33.8 Å². The first-order chi connectivity index (χ1) is 4.86. The van der Waals surface area contributed by atoms with E-state index in [0.717, 1.165) is 10.1 Å². The fourth-order valence-corrected chi connectivity index (χ4v) is 1.77. The standard InChI is InChI=1S/C8H6OS.ClH/c9-8-5-6-3-1-2-4-7(6)10-8;/h1-5,9H;1H. The average molecular weight is 187 g/mol. The molecular formula is C8H7ClOS. The van der Waals surface area contributed by atoms with Gasteiger partial charge in [-0.15, -0.1) is 12.4 Å². The van der Waals surface area contributed by atoms with Crippen LogP contribution in [0.25, 0.3) is 10.1 Å². The van der Waals surface area contributed by atoms with Crippen LogP contribution < -0.4 is 0 Å². The first-order valence-corrected chi connectivity index (χ1v) is 3.85. The maximum atomic E-state index is 9.07. The highest BCUT2D eigenvalue weighted by Gasteiger charge is 1.95. The fourth-order valence-electron chi connectivity index (χ4n) is 0.968. The molecule has 58 valence electrons. The lowest BCUT2D eigenvalue weighted by Crippen LogP contribution is -1.56. The van der Waals surface area contributed by atoms with Crippen LogP contribution in [0.4, 0.5) is 0 Å². The third-order valence-corrected chi connectivity index (χ3v) is 2.33. The molecule has 1 N–H and O–H groups in total. The van der Waals surface area contributed by atoms with Gasteiger partial charge in [0.1, 0.15) is 0 Å². The number of aromatic hydroxyl groups is 1. The van der Waals surface area contributed by atoms with Crippen LogP contribution >= 0.6 is 23.7 Å². The van der Waals surface area contributed by atoms with Crippen LogP contribution in [0.3, 0.4) is 0 Å². The van der Waals surface area contributed by atoms with E-state index in [9.17, 15) is 0 Å². The largest absolute Gasteiger partial charge is 0.499 e. The van der Waals surface area contributed by atoms with Gasteiger partial charge >= 0.3 is 0 Å². The van der Waals surface area contributed by atoms with Gasteiger partial charge in [-0.1, -0.05) is 29.5 Å². The van der Waals surface area contributed by atoms with Gasteiger partial charge in [0, 0.05) is 4.70 Å². The quantitative estimate of drug-likeness (QED) is 0.671. The molecule has 3 heteroatoms. The van der Waals surface area contributed by atoms with E-state index in [1.54, 1.807) is 6.07 Å². The molecule has 0 unspecified atom stereocenters. The smallest absolute Gasteiger partial charge is 0.172 e. The van der Waals surface area contributed by atoms with Gasteiger partial charge in [-0.3, -0.25) is 0 Å². The van der Waals surface area contributed by atoms with Crippen LogP contribution in [-0.2, 0) is 0 Å². The van der Waals surface area contributed by atoms with E-state index in [1.165, 1.54) is 11.3 Å². The summed E-state index contributed by atoms with van der Waals surface area (Å²) in [6.45, 7) is 0. The molecule has 11 heavy (non-hydrogen) atoms. The van der Waals surface area contributed by atoms with Crippen molar-refractivity contribution in [2.75, 3.05) is 0 Å². The van der Waals surface area contributed by atoms with E-state index in [-0.39, 0.29) is 12.4 Å². The van der Waals surface area contributed by atoms with Crippen molar-refractivity contribution < 1.29 is 5.11 Å². The Labute approximate surface area is 74.7 Å². The number of fused-ring (bicyclic) bond motifs is 1. The second-order valence-electron chi connectivity index (χ2n) is 2.12. The number of hydrogen-bond acceptors (Lipinski definition) is 2. The van der Waals surface area contributed by atoms with Crippen LogP contribution in [0.2, 0.25) is 0 Å². The van der Waals surface area contributed by atoms with Crippen molar-refractivity contribution in [1.29, 1.82) is 0 Å². The zero-order valence-corrected chi connectivity index (χ0v) is 7.28. The first kappa shape index (κ1) is 8.37. The molecule has 0 radical (unpaired) electrons. The molecule has 0 atom stereocenters. The number of thiophene rings is 1. The molecule has 1 heterocycles. The Morgan fingerprint density at radius 2 is 1.91 bits per heavy atom. The van der Waals surface area contributed by atoms with Gasteiger partial charge in [-0.25, -0.2) is 0 Å². The Morgan fingerprint density at radius 3 is 2.64 bits per heavy atom. The maximum absolute atomic E-state index is 9.07. The summed E-state index contributed by atoms with van der Waals surface area (Å²) in [6.07, 6.45) is 0. The molecule has 1 aromatic heterocycles. The van der Waals surface area contributed by atoms with Crippen LogP contribution in [0.5, 0.6) is 5.06 Å². The molecule has 0 fully saturated rings. The molecule has 0 spiro atoms. The third kappa shape index (κ3) is 1.47. The zero-order valence-electron chi connectivity index (χ0n) is 5.65. The van der Waals surface area contributed by atoms with Crippen LogP contribution in [0.1, 0.15) is 0 Å². The van der Waals surface area contributed by atoms with Crippen molar-refractivity contribution in [3.05, 3.63) is 30.3 Å². The number of halogens is 1. The van der Waals surface area contributed by atoms with E-state index in [2.05, 4.69) is 0 Å². The molecule has 0 aliphatic heterocycles.